The molecule has 0 saturated carbocycles. The molecule has 0 atom stereocenters. The van der Waals surface area contributed by atoms with Crippen LogP contribution in [0.3, 0.4) is 0 Å². The number of para-hydroxylation sites is 4. The summed E-state index contributed by atoms with van der Waals surface area (Å²) < 4.78 is 5.01. The molecule has 1 N–H and O–H groups in total. The second kappa shape index (κ2) is 12.8. The average Bonchev–Trinajstić information content (AvgIpc) is 4.14. The Bertz CT molecular complexity index is 4420. The van der Waals surface area contributed by atoms with Crippen LogP contribution in [0.25, 0.3) is 109 Å². The summed E-state index contributed by atoms with van der Waals surface area (Å²) in [6.45, 7) is 16.3. The zero-order valence-electron chi connectivity index (χ0n) is 39.4. The summed E-state index contributed by atoms with van der Waals surface area (Å²) >= 11 is 0. The second-order valence-corrected chi connectivity index (χ2v) is 21.7. The van der Waals surface area contributed by atoms with Gasteiger partial charge in [-0.1, -0.05) is 126 Å². The second-order valence-electron chi connectivity index (χ2n) is 21.7. The average molecular weight is 872 g/mol. The number of benzene rings is 9. The molecule has 1 aliphatic heterocycles. The van der Waals surface area contributed by atoms with E-state index in [0.29, 0.717) is 0 Å². The molecule has 0 unspecified atom stereocenters. The van der Waals surface area contributed by atoms with Crippen molar-refractivity contribution in [2.24, 2.45) is 0 Å². The first-order valence-electron chi connectivity index (χ1n) is 24.2. The molecule has 323 valence electrons. The molecule has 0 amide bonds. The Morgan fingerprint density at radius 2 is 0.985 bits per heavy atom. The van der Waals surface area contributed by atoms with Crippen molar-refractivity contribution in [2.75, 3.05) is 4.90 Å². The Hall–Kier alpha value is -7.76. The molecule has 14 aromatic rings. The summed E-state index contributed by atoms with van der Waals surface area (Å²) in [5.41, 5.74) is 22.3. The van der Waals surface area contributed by atoms with Crippen molar-refractivity contribution in [3.05, 3.63) is 174 Å². The van der Waals surface area contributed by atoms with E-state index in [1.54, 1.807) is 0 Å². The number of aromatic nitrogens is 3. The van der Waals surface area contributed by atoms with Crippen molar-refractivity contribution >= 4 is 133 Å². The van der Waals surface area contributed by atoms with Crippen LogP contribution in [0.15, 0.2) is 158 Å². The van der Waals surface area contributed by atoms with Crippen LogP contribution in [0.2, 0.25) is 0 Å². The van der Waals surface area contributed by atoms with Crippen LogP contribution in [0, 0.1) is 6.92 Å². The predicted octanol–water partition coefficient (Wildman–Crippen LogP) is 15.6. The lowest BCUT2D eigenvalue weighted by Crippen LogP contribution is -2.41. The third-order valence-corrected chi connectivity index (χ3v) is 15.7. The minimum Gasteiger partial charge on any atom is -0.354 e. The van der Waals surface area contributed by atoms with Gasteiger partial charge in [0, 0.05) is 82.0 Å². The summed E-state index contributed by atoms with van der Waals surface area (Å²) in [5.74, 6) is 0. The van der Waals surface area contributed by atoms with Gasteiger partial charge in [0.05, 0.1) is 38.6 Å². The molecule has 6 heterocycles. The summed E-state index contributed by atoms with van der Waals surface area (Å²) in [6.07, 6.45) is 0. The fourth-order valence-corrected chi connectivity index (χ4v) is 12.5. The molecule has 5 heteroatoms. The topological polar surface area (TPSA) is 27.8 Å². The number of nitrogens with zero attached hydrogens (tertiary/aromatic N) is 3. The molecule has 68 heavy (non-hydrogen) atoms. The summed E-state index contributed by atoms with van der Waals surface area (Å²) in [6, 6.07) is 60.1. The summed E-state index contributed by atoms with van der Waals surface area (Å²) in [4.78, 5) is 6.63. The van der Waals surface area contributed by atoms with Gasteiger partial charge in [0.2, 0.25) is 0 Å². The third-order valence-electron chi connectivity index (χ3n) is 15.7. The van der Waals surface area contributed by atoms with Crippen LogP contribution >= 0.6 is 0 Å². The highest BCUT2D eigenvalue weighted by atomic mass is 15.2. The van der Waals surface area contributed by atoms with Crippen LogP contribution in [0.5, 0.6) is 0 Å². The van der Waals surface area contributed by atoms with Gasteiger partial charge in [-0.2, -0.15) is 0 Å². The third kappa shape index (κ3) is 4.86. The molecule has 0 aliphatic carbocycles. The summed E-state index contributed by atoms with van der Waals surface area (Å²) in [5, 5.41) is 12.8. The number of H-pyrrole nitrogens is 1. The van der Waals surface area contributed by atoms with E-state index < -0.39 is 0 Å². The zero-order chi connectivity index (χ0) is 45.7. The minimum atomic E-state index is -0.0819. The van der Waals surface area contributed by atoms with Crippen molar-refractivity contribution in [1.82, 2.24) is 13.8 Å². The van der Waals surface area contributed by atoms with Gasteiger partial charge in [-0.15, -0.1) is 0 Å². The number of hydrogen-bond donors (Lipinski definition) is 1. The van der Waals surface area contributed by atoms with Gasteiger partial charge in [0.1, 0.15) is 0 Å². The number of aromatic amines is 1. The SMILES string of the molecule is Cc1ccc2c(c1-c1cc(C(C)(C)C)cc3c1[nH]c1ccc(C(C)(C)C)cc13)[B]c1c(cc3c4ccccc4n4c5ccccc5c1c34)N2c1cc2c3ccccc3n3c4ccccc4c(c1)c23. The van der Waals surface area contributed by atoms with Crippen LogP contribution in [-0.2, 0) is 10.8 Å². The highest BCUT2D eigenvalue weighted by molar-refractivity contribution is 6.76. The van der Waals surface area contributed by atoms with E-state index in [9.17, 15) is 0 Å². The number of hydrogen-bond acceptors (Lipinski definition) is 1. The molecule has 1 aliphatic rings. The van der Waals surface area contributed by atoms with Crippen LogP contribution < -0.4 is 15.8 Å². The molecule has 1 radical (unpaired) electrons. The van der Waals surface area contributed by atoms with Crippen LogP contribution in [0.1, 0.15) is 58.2 Å². The van der Waals surface area contributed by atoms with Crippen molar-refractivity contribution < 1.29 is 0 Å². The van der Waals surface area contributed by atoms with Gasteiger partial charge in [-0.25, -0.2) is 0 Å². The highest BCUT2D eigenvalue weighted by Gasteiger charge is 2.34. The Morgan fingerprint density at radius 3 is 1.60 bits per heavy atom. The first kappa shape index (κ1) is 38.4. The standard InChI is InChI=1S/C63H48BN4/c1-34-24-27-53-57(55(34)47-30-36(63(5,6)7)29-43-42-28-35(62(2,3)4)25-26-48(42)65-59(43)47)64-58-54(33-46-40-18-10-14-22-51(40)68-52-23-15-11-19-41(52)56(58)61(46)68)66(53)37-31-44-38-16-8-12-20-49(38)67-50-21-13-9-17-39(50)45(32-37)60(44)67/h8-33,65H,1-7H3. The Morgan fingerprint density at radius 1 is 0.441 bits per heavy atom. The normalized spacial score (nSPS) is 13.6. The van der Waals surface area contributed by atoms with Gasteiger partial charge >= 0.3 is 0 Å². The van der Waals surface area contributed by atoms with E-state index in [2.05, 4.69) is 232 Å². The number of nitrogens with one attached hydrogen (secondary N) is 1. The fourth-order valence-electron chi connectivity index (χ4n) is 12.5. The highest BCUT2D eigenvalue weighted by Crippen LogP contribution is 2.49. The van der Waals surface area contributed by atoms with Crippen molar-refractivity contribution in [3.8, 4) is 11.1 Å². The Balaban J connectivity index is 1.11. The van der Waals surface area contributed by atoms with Gasteiger partial charge in [-0.3, -0.25) is 0 Å². The number of aryl methyl sites for hydroxylation is 1. The molecular weight excluding hydrogens is 824 g/mol. The number of anilines is 3. The van der Waals surface area contributed by atoms with E-state index in [0.717, 1.165) is 5.69 Å². The van der Waals surface area contributed by atoms with Crippen molar-refractivity contribution in [1.29, 1.82) is 0 Å². The molecule has 5 aromatic heterocycles. The lowest BCUT2D eigenvalue weighted by molar-refractivity contribution is 0.590. The lowest BCUT2D eigenvalue weighted by Gasteiger charge is -2.36. The van der Waals surface area contributed by atoms with E-state index in [1.807, 2.05) is 0 Å². The Kier molecular flexibility index (Phi) is 7.23. The molecule has 0 saturated heterocycles. The Labute approximate surface area is 394 Å². The zero-order valence-corrected chi connectivity index (χ0v) is 39.4. The van der Waals surface area contributed by atoms with E-state index in [4.69, 9.17) is 0 Å². The number of fused-ring (bicyclic) bond motifs is 18. The minimum absolute atomic E-state index is 0.0274. The molecule has 0 fully saturated rings. The molecule has 4 nitrogen and oxygen atoms in total. The van der Waals surface area contributed by atoms with E-state index in [-0.39, 0.29) is 10.8 Å². The lowest BCUT2D eigenvalue weighted by atomic mass is 9.56. The molecular formula is C63H48BN4. The van der Waals surface area contributed by atoms with Crippen molar-refractivity contribution in [2.45, 2.75) is 59.3 Å². The fraction of sp³-hybridized carbons (Fsp3) is 0.143. The molecule has 0 spiro atoms. The molecule has 0 bridgehead atoms. The van der Waals surface area contributed by atoms with Crippen molar-refractivity contribution in [3.63, 3.8) is 0 Å². The van der Waals surface area contributed by atoms with E-state index >= 15 is 0 Å². The summed E-state index contributed by atoms with van der Waals surface area (Å²) in [7, 11) is 2.55. The predicted molar refractivity (Wildman–Crippen MR) is 292 cm³/mol. The quantitative estimate of drug-likeness (QED) is 0.172. The van der Waals surface area contributed by atoms with Gasteiger partial charge in [0.15, 0.2) is 7.28 Å². The maximum Gasteiger partial charge on any atom is 0.198 e. The van der Waals surface area contributed by atoms with E-state index in [1.165, 1.54) is 148 Å². The maximum absolute atomic E-state index is 4.01. The first-order chi connectivity index (χ1) is 32.9. The largest absolute Gasteiger partial charge is 0.354 e. The molecule has 15 rings (SSSR count). The van der Waals surface area contributed by atoms with Gasteiger partial charge in [-0.05, 0) is 124 Å². The van der Waals surface area contributed by atoms with Gasteiger partial charge < -0.3 is 18.7 Å². The van der Waals surface area contributed by atoms with Crippen LogP contribution in [0.4, 0.5) is 17.1 Å². The first-order valence-corrected chi connectivity index (χ1v) is 24.2. The maximum atomic E-state index is 4.01. The number of rotatable bonds is 2. The monoisotopic (exact) mass is 871 g/mol. The van der Waals surface area contributed by atoms with Gasteiger partial charge in [0.25, 0.3) is 0 Å². The molecule has 9 aromatic carbocycles. The van der Waals surface area contributed by atoms with Crippen LogP contribution in [-0.4, -0.2) is 21.1 Å². The smallest absolute Gasteiger partial charge is 0.198 e.